The number of ether oxygens (including phenoxy) is 1. The van der Waals surface area contributed by atoms with Crippen LogP contribution < -0.4 is 15.4 Å². The summed E-state index contributed by atoms with van der Waals surface area (Å²) in [5, 5.41) is 6.57. The van der Waals surface area contributed by atoms with Gasteiger partial charge in [-0.15, -0.1) is 0 Å². The molecule has 152 valence electrons. The quantitative estimate of drug-likeness (QED) is 0.740. The minimum atomic E-state index is -0.437. The Morgan fingerprint density at radius 2 is 1.86 bits per heavy atom. The van der Waals surface area contributed by atoms with Gasteiger partial charge in [0.05, 0.1) is 5.41 Å². The summed E-state index contributed by atoms with van der Waals surface area (Å²) in [6, 6.07) is 11.5. The van der Waals surface area contributed by atoms with Gasteiger partial charge in [-0.25, -0.2) is 4.39 Å². The molecule has 0 saturated heterocycles. The highest BCUT2D eigenvalue weighted by atomic mass is 35.5. The summed E-state index contributed by atoms with van der Waals surface area (Å²) in [4.78, 5) is 25.0. The number of halogens is 2. The predicted molar refractivity (Wildman–Crippen MR) is 108 cm³/mol. The van der Waals surface area contributed by atoms with Crippen molar-refractivity contribution in [1.29, 1.82) is 0 Å². The van der Waals surface area contributed by atoms with Crippen molar-refractivity contribution in [3.05, 3.63) is 58.9 Å². The Labute approximate surface area is 173 Å². The van der Waals surface area contributed by atoms with Crippen molar-refractivity contribution >= 4 is 29.1 Å². The van der Waals surface area contributed by atoms with Crippen LogP contribution in [-0.4, -0.2) is 24.0 Å². The fourth-order valence-corrected chi connectivity index (χ4v) is 4.57. The maximum atomic E-state index is 13.6. The molecular formula is C22H22ClFN2O3. The monoisotopic (exact) mass is 416 g/mol. The molecule has 2 N–H and O–H groups in total. The van der Waals surface area contributed by atoms with Gasteiger partial charge in [0.25, 0.3) is 5.91 Å². The molecule has 29 heavy (non-hydrogen) atoms. The van der Waals surface area contributed by atoms with Crippen LogP contribution in [0, 0.1) is 18.2 Å². The van der Waals surface area contributed by atoms with Crippen molar-refractivity contribution in [2.45, 2.75) is 38.1 Å². The minimum Gasteiger partial charge on any atom is -0.484 e. The Kier molecular flexibility index (Phi) is 4.99. The van der Waals surface area contributed by atoms with Crippen LogP contribution in [0.1, 0.15) is 31.2 Å². The van der Waals surface area contributed by atoms with E-state index in [-0.39, 0.29) is 29.8 Å². The van der Waals surface area contributed by atoms with E-state index in [1.54, 1.807) is 43.3 Å². The maximum absolute atomic E-state index is 13.6. The molecule has 0 spiro atoms. The number of aryl methyl sites for hydroxylation is 1. The number of amides is 2. The molecule has 0 aromatic heterocycles. The van der Waals surface area contributed by atoms with Gasteiger partial charge < -0.3 is 15.4 Å². The average Bonchev–Trinajstić information content (AvgIpc) is 3.21. The minimum absolute atomic E-state index is 0.0198. The molecule has 2 bridgehead atoms. The van der Waals surface area contributed by atoms with Crippen LogP contribution in [0.5, 0.6) is 5.75 Å². The summed E-state index contributed by atoms with van der Waals surface area (Å²) in [5.74, 6) is -0.335. The summed E-state index contributed by atoms with van der Waals surface area (Å²) in [7, 11) is 0. The summed E-state index contributed by atoms with van der Waals surface area (Å²) in [5.41, 5.74) is 0.444. The molecule has 0 radical (unpaired) electrons. The van der Waals surface area contributed by atoms with Gasteiger partial charge in [-0.1, -0.05) is 17.7 Å². The second kappa shape index (κ2) is 7.34. The van der Waals surface area contributed by atoms with Crippen molar-refractivity contribution in [2.24, 2.45) is 5.41 Å². The third-order valence-corrected chi connectivity index (χ3v) is 6.19. The molecule has 0 aliphatic heterocycles. The number of nitrogens with one attached hydrogen (secondary N) is 2. The Morgan fingerprint density at radius 1 is 1.14 bits per heavy atom. The highest BCUT2D eigenvalue weighted by Gasteiger charge is 2.64. The number of rotatable bonds is 6. The van der Waals surface area contributed by atoms with E-state index in [9.17, 15) is 14.0 Å². The van der Waals surface area contributed by atoms with Gasteiger partial charge in [0.2, 0.25) is 5.91 Å². The van der Waals surface area contributed by atoms with Crippen molar-refractivity contribution < 1.29 is 18.7 Å². The van der Waals surface area contributed by atoms with Crippen molar-refractivity contribution in [3.8, 4) is 5.75 Å². The van der Waals surface area contributed by atoms with E-state index >= 15 is 0 Å². The predicted octanol–water partition coefficient (Wildman–Crippen LogP) is 4.23. The number of anilines is 1. The molecule has 0 heterocycles. The Bertz CT molecular complexity index is 955. The Balaban J connectivity index is 1.29. The first-order chi connectivity index (χ1) is 13.8. The van der Waals surface area contributed by atoms with Crippen molar-refractivity contribution in [3.63, 3.8) is 0 Å². The molecule has 3 fully saturated rings. The highest BCUT2D eigenvalue weighted by Crippen LogP contribution is 2.61. The lowest BCUT2D eigenvalue weighted by Crippen LogP contribution is -2.59. The van der Waals surface area contributed by atoms with Gasteiger partial charge in [-0.05, 0) is 68.5 Å². The lowest BCUT2D eigenvalue weighted by atomic mass is 9.64. The zero-order valence-electron chi connectivity index (χ0n) is 16.1. The van der Waals surface area contributed by atoms with E-state index in [1.165, 1.54) is 6.07 Å². The molecule has 3 saturated carbocycles. The number of carbonyl (C=O) groups is 2. The van der Waals surface area contributed by atoms with Crippen molar-refractivity contribution in [1.82, 2.24) is 5.32 Å². The Morgan fingerprint density at radius 3 is 2.55 bits per heavy atom. The molecular weight excluding hydrogens is 395 g/mol. The number of benzene rings is 2. The maximum Gasteiger partial charge on any atom is 0.258 e. The SMILES string of the molecule is Cc1ccc(OCC(=O)NC23CCC(C(=O)Nc4ccc(Cl)cc4)(C2)C3)cc1F. The average molecular weight is 417 g/mol. The molecule has 3 aliphatic carbocycles. The molecule has 2 amide bonds. The summed E-state index contributed by atoms with van der Waals surface area (Å²) >= 11 is 5.87. The summed E-state index contributed by atoms with van der Waals surface area (Å²) < 4.78 is 19.0. The van der Waals surface area contributed by atoms with Gasteiger partial charge in [-0.3, -0.25) is 9.59 Å². The number of hydrogen-bond acceptors (Lipinski definition) is 3. The van der Waals surface area contributed by atoms with Gasteiger partial charge in [0.15, 0.2) is 6.61 Å². The standard InChI is InChI=1S/C22H22ClFN2O3/c1-14-2-7-17(10-18(14)24)29-11-19(27)26-22-9-8-21(12-22,13-22)20(28)25-16-5-3-15(23)4-6-16/h2-7,10H,8-9,11-13H2,1H3,(H,25,28)(H,26,27). The second-order valence-corrected chi connectivity index (χ2v) is 8.56. The molecule has 5 rings (SSSR count). The first-order valence-corrected chi connectivity index (χ1v) is 9.94. The van der Waals surface area contributed by atoms with Gasteiger partial charge in [-0.2, -0.15) is 0 Å². The summed E-state index contributed by atoms with van der Waals surface area (Å²) in [6.45, 7) is 1.48. The molecule has 2 aromatic rings. The van der Waals surface area contributed by atoms with Crippen LogP contribution in [0.25, 0.3) is 0 Å². The molecule has 5 nitrogen and oxygen atoms in total. The molecule has 3 aliphatic rings. The van der Waals surface area contributed by atoms with Gasteiger partial charge >= 0.3 is 0 Å². The normalized spacial score (nSPS) is 24.5. The second-order valence-electron chi connectivity index (χ2n) is 8.12. The topological polar surface area (TPSA) is 67.4 Å². The number of carbonyl (C=O) groups excluding carboxylic acids is 2. The summed E-state index contributed by atoms with van der Waals surface area (Å²) in [6.07, 6.45) is 2.72. The molecule has 2 aromatic carbocycles. The largest absolute Gasteiger partial charge is 0.484 e. The smallest absolute Gasteiger partial charge is 0.258 e. The van der Waals surface area contributed by atoms with Gasteiger partial charge in [0.1, 0.15) is 11.6 Å². The van der Waals surface area contributed by atoms with Crippen LogP contribution >= 0.6 is 11.6 Å². The highest BCUT2D eigenvalue weighted by molar-refractivity contribution is 6.30. The first kappa shape index (κ1) is 19.7. The van der Waals surface area contributed by atoms with E-state index in [1.807, 2.05) is 0 Å². The van der Waals surface area contributed by atoms with Crippen LogP contribution in [0.3, 0.4) is 0 Å². The van der Waals surface area contributed by atoms with Gasteiger partial charge in [0, 0.05) is 22.3 Å². The molecule has 0 atom stereocenters. The van der Waals surface area contributed by atoms with E-state index < -0.39 is 5.41 Å². The lowest BCUT2D eigenvalue weighted by Gasteiger charge is -2.46. The molecule has 7 heteroatoms. The fraction of sp³-hybridized carbons (Fsp3) is 0.364. The number of hydrogen-bond donors (Lipinski definition) is 2. The molecule has 0 unspecified atom stereocenters. The first-order valence-electron chi connectivity index (χ1n) is 9.56. The number of fused-ring (bicyclic) bond motifs is 1. The van der Waals surface area contributed by atoms with Crippen molar-refractivity contribution in [2.75, 3.05) is 11.9 Å². The van der Waals surface area contributed by atoms with E-state index in [2.05, 4.69) is 10.6 Å². The lowest BCUT2D eigenvalue weighted by molar-refractivity contribution is -0.134. The van der Waals surface area contributed by atoms with Crippen LogP contribution in [0.15, 0.2) is 42.5 Å². The third-order valence-electron chi connectivity index (χ3n) is 5.94. The van der Waals surface area contributed by atoms with E-state index in [0.29, 0.717) is 34.9 Å². The van der Waals surface area contributed by atoms with E-state index in [0.717, 1.165) is 12.8 Å². The van der Waals surface area contributed by atoms with Crippen LogP contribution in [-0.2, 0) is 9.59 Å². The van der Waals surface area contributed by atoms with Crippen LogP contribution in [0.4, 0.5) is 10.1 Å². The van der Waals surface area contributed by atoms with Crippen LogP contribution in [0.2, 0.25) is 5.02 Å². The third kappa shape index (κ3) is 3.94. The fourth-order valence-electron chi connectivity index (χ4n) is 4.44. The van der Waals surface area contributed by atoms with E-state index in [4.69, 9.17) is 16.3 Å². The Hall–Kier alpha value is -2.60. The zero-order chi connectivity index (χ0) is 20.6. The zero-order valence-corrected chi connectivity index (χ0v) is 16.8.